The Kier molecular flexibility index (Phi) is 2.53. The topological polar surface area (TPSA) is 28.7 Å². The van der Waals surface area contributed by atoms with Crippen molar-refractivity contribution in [1.82, 2.24) is 9.97 Å². The van der Waals surface area contributed by atoms with Crippen molar-refractivity contribution in [1.29, 1.82) is 0 Å². The zero-order valence-electron chi connectivity index (χ0n) is 9.06. The molecule has 0 saturated carbocycles. The minimum absolute atomic E-state index is 0.433. The fourth-order valence-corrected chi connectivity index (χ4v) is 1.84. The van der Waals surface area contributed by atoms with Crippen molar-refractivity contribution in [2.75, 3.05) is 0 Å². The zero-order chi connectivity index (χ0) is 11.0. The number of halogens is 1. The van der Waals surface area contributed by atoms with Gasteiger partial charge < -0.3 is 4.98 Å². The van der Waals surface area contributed by atoms with E-state index in [4.69, 9.17) is 11.6 Å². The lowest BCUT2D eigenvalue weighted by atomic mass is 9.99. The molecule has 0 bridgehead atoms. The van der Waals surface area contributed by atoms with Gasteiger partial charge in [0, 0.05) is 5.56 Å². The molecular weight excluding hydrogens is 208 g/mol. The lowest BCUT2D eigenvalue weighted by Crippen LogP contribution is -1.88. The van der Waals surface area contributed by atoms with Gasteiger partial charge in [-0.05, 0) is 55.1 Å². The van der Waals surface area contributed by atoms with Crippen molar-refractivity contribution >= 4 is 11.6 Å². The third kappa shape index (κ3) is 1.90. The van der Waals surface area contributed by atoms with E-state index in [9.17, 15) is 0 Å². The van der Waals surface area contributed by atoms with Crippen LogP contribution in [0.3, 0.4) is 0 Å². The Balaban J connectivity index is 2.58. The third-order valence-corrected chi connectivity index (χ3v) is 2.87. The van der Waals surface area contributed by atoms with Gasteiger partial charge in [0.25, 0.3) is 0 Å². The molecule has 0 spiro atoms. The third-order valence-electron chi connectivity index (χ3n) is 2.68. The predicted molar refractivity (Wildman–Crippen MR) is 63.2 cm³/mol. The van der Waals surface area contributed by atoms with Crippen molar-refractivity contribution in [3.05, 3.63) is 40.3 Å². The molecule has 0 radical (unpaired) electrons. The van der Waals surface area contributed by atoms with Crippen LogP contribution in [-0.4, -0.2) is 9.97 Å². The first-order valence-corrected chi connectivity index (χ1v) is 5.24. The number of aromatic amines is 1. The van der Waals surface area contributed by atoms with Gasteiger partial charge in [0.15, 0.2) is 5.28 Å². The van der Waals surface area contributed by atoms with Crippen molar-refractivity contribution < 1.29 is 0 Å². The van der Waals surface area contributed by atoms with Crippen LogP contribution >= 0.6 is 11.6 Å². The first-order chi connectivity index (χ1) is 7.08. The number of imidazole rings is 1. The quantitative estimate of drug-likeness (QED) is 0.781. The molecule has 3 heteroatoms. The van der Waals surface area contributed by atoms with E-state index in [2.05, 4.69) is 42.9 Å². The molecule has 2 aromatic rings. The summed E-state index contributed by atoms with van der Waals surface area (Å²) in [7, 11) is 0. The molecule has 2 nitrogen and oxygen atoms in total. The van der Waals surface area contributed by atoms with Crippen molar-refractivity contribution in [3.8, 4) is 11.3 Å². The van der Waals surface area contributed by atoms with Gasteiger partial charge in [-0.25, -0.2) is 4.98 Å². The van der Waals surface area contributed by atoms with Gasteiger partial charge in [-0.1, -0.05) is 6.07 Å². The number of H-pyrrole nitrogens is 1. The lowest BCUT2D eigenvalue weighted by Gasteiger charge is -2.07. The number of hydrogen-bond donors (Lipinski definition) is 1. The first-order valence-electron chi connectivity index (χ1n) is 4.86. The van der Waals surface area contributed by atoms with Gasteiger partial charge in [-0.2, -0.15) is 0 Å². The van der Waals surface area contributed by atoms with Crippen LogP contribution in [0, 0.1) is 20.8 Å². The van der Waals surface area contributed by atoms with Crippen LogP contribution in [0.5, 0.6) is 0 Å². The molecule has 1 heterocycles. The highest BCUT2D eigenvalue weighted by Gasteiger charge is 2.06. The van der Waals surface area contributed by atoms with E-state index in [0.29, 0.717) is 5.28 Å². The fraction of sp³-hybridized carbons (Fsp3) is 0.250. The summed E-state index contributed by atoms with van der Waals surface area (Å²) < 4.78 is 0. The molecule has 2 rings (SSSR count). The highest BCUT2D eigenvalue weighted by atomic mass is 35.5. The summed E-state index contributed by atoms with van der Waals surface area (Å²) in [5.74, 6) is 0. The highest BCUT2D eigenvalue weighted by Crippen LogP contribution is 2.25. The smallest absolute Gasteiger partial charge is 0.200 e. The molecule has 1 N–H and O–H groups in total. The highest BCUT2D eigenvalue weighted by molar-refractivity contribution is 6.28. The first kappa shape index (κ1) is 10.2. The summed E-state index contributed by atoms with van der Waals surface area (Å²) in [5, 5.41) is 0.433. The van der Waals surface area contributed by atoms with E-state index in [0.717, 1.165) is 11.3 Å². The summed E-state index contributed by atoms with van der Waals surface area (Å²) in [6.45, 7) is 6.32. The number of rotatable bonds is 1. The van der Waals surface area contributed by atoms with E-state index in [1.54, 1.807) is 6.20 Å². The number of nitrogens with zero attached hydrogens (tertiary/aromatic N) is 1. The molecule has 0 atom stereocenters. The fourth-order valence-electron chi connectivity index (χ4n) is 1.68. The second-order valence-corrected chi connectivity index (χ2v) is 4.20. The molecule has 1 aromatic carbocycles. The standard InChI is InChI=1S/C12H13ClN2/c1-7-4-9(3)10(5-8(7)2)11-6-14-12(13)15-11/h4-6H,1-3H3,(H,14,15). The summed E-state index contributed by atoms with van der Waals surface area (Å²) >= 11 is 5.77. The van der Waals surface area contributed by atoms with E-state index >= 15 is 0 Å². The molecule has 0 aliphatic heterocycles. The van der Waals surface area contributed by atoms with Crippen LogP contribution in [0.25, 0.3) is 11.3 Å². The Morgan fingerprint density at radius 2 is 1.73 bits per heavy atom. The minimum atomic E-state index is 0.433. The van der Waals surface area contributed by atoms with Crippen molar-refractivity contribution in [2.24, 2.45) is 0 Å². The Labute approximate surface area is 94.3 Å². The normalized spacial score (nSPS) is 10.7. The number of aryl methyl sites for hydroxylation is 3. The maximum absolute atomic E-state index is 5.77. The second-order valence-electron chi connectivity index (χ2n) is 3.84. The zero-order valence-corrected chi connectivity index (χ0v) is 9.81. The molecule has 0 aliphatic carbocycles. The monoisotopic (exact) mass is 220 g/mol. The molecule has 15 heavy (non-hydrogen) atoms. The molecule has 0 saturated heterocycles. The Hall–Kier alpha value is -1.28. The van der Waals surface area contributed by atoms with Gasteiger partial charge >= 0.3 is 0 Å². The molecule has 78 valence electrons. The van der Waals surface area contributed by atoms with Crippen molar-refractivity contribution in [2.45, 2.75) is 20.8 Å². The minimum Gasteiger partial charge on any atom is -0.329 e. The van der Waals surface area contributed by atoms with Crippen LogP contribution < -0.4 is 0 Å². The van der Waals surface area contributed by atoms with Crippen LogP contribution in [0.2, 0.25) is 5.28 Å². The van der Waals surface area contributed by atoms with Gasteiger partial charge in [-0.3, -0.25) is 0 Å². The van der Waals surface area contributed by atoms with Gasteiger partial charge in [0.05, 0.1) is 11.9 Å². The van der Waals surface area contributed by atoms with Gasteiger partial charge in [-0.15, -0.1) is 0 Å². The Morgan fingerprint density at radius 1 is 1.07 bits per heavy atom. The summed E-state index contributed by atoms with van der Waals surface area (Å²) in [5.41, 5.74) is 5.96. The molecule has 0 amide bonds. The number of hydrogen-bond acceptors (Lipinski definition) is 1. The van der Waals surface area contributed by atoms with E-state index < -0.39 is 0 Å². The lowest BCUT2D eigenvalue weighted by molar-refractivity contribution is 1.28. The molecule has 0 fully saturated rings. The van der Waals surface area contributed by atoms with Gasteiger partial charge in [0.1, 0.15) is 0 Å². The SMILES string of the molecule is Cc1cc(C)c(-c2cnc(Cl)[nH]2)cc1C. The van der Waals surface area contributed by atoms with E-state index in [1.165, 1.54) is 16.7 Å². The average Bonchev–Trinajstić information content (AvgIpc) is 2.58. The predicted octanol–water partition coefficient (Wildman–Crippen LogP) is 3.66. The van der Waals surface area contributed by atoms with E-state index in [-0.39, 0.29) is 0 Å². The number of nitrogens with one attached hydrogen (secondary N) is 1. The summed E-state index contributed by atoms with van der Waals surface area (Å²) in [6.07, 6.45) is 1.76. The maximum Gasteiger partial charge on any atom is 0.200 e. The van der Waals surface area contributed by atoms with Crippen LogP contribution in [0.4, 0.5) is 0 Å². The largest absolute Gasteiger partial charge is 0.329 e. The average molecular weight is 221 g/mol. The molecule has 0 unspecified atom stereocenters. The Morgan fingerprint density at radius 3 is 2.33 bits per heavy atom. The van der Waals surface area contributed by atoms with Crippen LogP contribution in [0.15, 0.2) is 18.3 Å². The summed E-state index contributed by atoms with van der Waals surface area (Å²) in [4.78, 5) is 7.03. The second kappa shape index (κ2) is 3.70. The Bertz CT molecular complexity index is 500. The summed E-state index contributed by atoms with van der Waals surface area (Å²) in [6, 6.07) is 4.34. The molecule has 1 aromatic heterocycles. The number of aromatic nitrogens is 2. The van der Waals surface area contributed by atoms with Crippen LogP contribution in [0.1, 0.15) is 16.7 Å². The van der Waals surface area contributed by atoms with Crippen LogP contribution in [-0.2, 0) is 0 Å². The number of benzene rings is 1. The van der Waals surface area contributed by atoms with Crippen molar-refractivity contribution in [3.63, 3.8) is 0 Å². The maximum atomic E-state index is 5.77. The van der Waals surface area contributed by atoms with E-state index in [1.807, 2.05) is 0 Å². The molecule has 0 aliphatic rings. The van der Waals surface area contributed by atoms with Gasteiger partial charge in [0.2, 0.25) is 0 Å². The molecular formula is C12H13ClN2.